The highest BCUT2D eigenvalue weighted by Gasteiger charge is 2.47. The Morgan fingerprint density at radius 3 is 1.81 bits per heavy atom. The molecule has 1 rings (SSSR count). The normalized spacial score (nSPS) is 12.8. The van der Waals surface area contributed by atoms with Gasteiger partial charge in [0.15, 0.2) is 0 Å². The highest BCUT2D eigenvalue weighted by atomic mass is 32.2. The van der Waals surface area contributed by atoms with Gasteiger partial charge in [-0.3, -0.25) is 0 Å². The van der Waals surface area contributed by atoms with E-state index in [1.54, 1.807) is 0 Å². The molecule has 0 aliphatic heterocycles. The summed E-state index contributed by atoms with van der Waals surface area (Å²) in [6.45, 7) is 2.66. The summed E-state index contributed by atoms with van der Waals surface area (Å²) in [5, 5.41) is 9.32. The number of alkyl halides is 3. The fourth-order valence-electron chi connectivity index (χ4n) is 1.20. The molecule has 0 saturated heterocycles. The zero-order valence-corrected chi connectivity index (χ0v) is 9.28. The molecule has 0 heterocycles. The second kappa shape index (κ2) is 3.65. The van der Waals surface area contributed by atoms with Crippen LogP contribution in [0.3, 0.4) is 0 Å². The lowest BCUT2D eigenvalue weighted by Gasteiger charge is -2.10. The lowest BCUT2D eigenvalue weighted by molar-refractivity contribution is -0.0436. The molecule has 7 heteroatoms. The van der Waals surface area contributed by atoms with Crippen molar-refractivity contribution in [3.63, 3.8) is 0 Å². The van der Waals surface area contributed by atoms with Crippen molar-refractivity contribution in [2.24, 2.45) is 0 Å². The van der Waals surface area contributed by atoms with Crippen molar-refractivity contribution >= 4 is 9.84 Å². The number of hydrogen-bond acceptors (Lipinski definition) is 3. The van der Waals surface area contributed by atoms with Gasteiger partial charge in [-0.25, -0.2) is 8.42 Å². The van der Waals surface area contributed by atoms with Crippen LogP contribution in [0.5, 0.6) is 5.75 Å². The summed E-state index contributed by atoms with van der Waals surface area (Å²) in [5.41, 5.74) is -5.16. The zero-order chi connectivity index (χ0) is 12.7. The third kappa shape index (κ3) is 1.99. The van der Waals surface area contributed by atoms with Crippen LogP contribution in [0, 0.1) is 13.8 Å². The van der Waals surface area contributed by atoms with Gasteiger partial charge in [-0.1, -0.05) is 0 Å². The first-order valence-corrected chi connectivity index (χ1v) is 5.67. The number of rotatable bonds is 1. The summed E-state index contributed by atoms with van der Waals surface area (Å²) in [4.78, 5) is -0.854. The van der Waals surface area contributed by atoms with Gasteiger partial charge in [0.2, 0.25) is 0 Å². The van der Waals surface area contributed by atoms with Crippen molar-refractivity contribution in [3.05, 3.63) is 23.3 Å². The standard InChI is InChI=1S/C9H9F3O3S/c1-5-3-7(4-6(2)8(5)13)16(14,15)9(10,11)12/h3-4,13H,1-2H3. The maximum Gasteiger partial charge on any atom is 0.501 e. The number of phenols is 1. The number of phenolic OH excluding ortho intramolecular Hbond substituents is 1. The van der Waals surface area contributed by atoms with Gasteiger partial charge >= 0.3 is 5.51 Å². The molecule has 16 heavy (non-hydrogen) atoms. The van der Waals surface area contributed by atoms with Crippen LogP contribution in [-0.4, -0.2) is 19.0 Å². The van der Waals surface area contributed by atoms with Crippen LogP contribution in [-0.2, 0) is 9.84 Å². The quantitative estimate of drug-likeness (QED) is 0.836. The van der Waals surface area contributed by atoms with Crippen molar-refractivity contribution in [3.8, 4) is 5.75 Å². The molecule has 0 saturated carbocycles. The van der Waals surface area contributed by atoms with Gasteiger partial charge in [-0.05, 0) is 37.1 Å². The maximum absolute atomic E-state index is 12.2. The molecule has 1 N–H and O–H groups in total. The molecule has 1 aromatic rings. The van der Waals surface area contributed by atoms with Crippen LogP contribution in [0.1, 0.15) is 11.1 Å². The van der Waals surface area contributed by atoms with Crippen LogP contribution in [0.15, 0.2) is 17.0 Å². The second-order valence-corrected chi connectivity index (χ2v) is 5.30. The van der Waals surface area contributed by atoms with E-state index in [0.29, 0.717) is 0 Å². The molecule has 0 aliphatic carbocycles. The zero-order valence-electron chi connectivity index (χ0n) is 8.46. The predicted molar refractivity (Wildman–Crippen MR) is 50.8 cm³/mol. The Balaban J connectivity index is 3.49. The fourth-order valence-corrected chi connectivity index (χ4v) is 2.14. The van der Waals surface area contributed by atoms with Crippen LogP contribution in [0.2, 0.25) is 0 Å². The third-order valence-corrected chi connectivity index (χ3v) is 3.55. The molecule has 0 amide bonds. The summed E-state index contributed by atoms with van der Waals surface area (Å²) in [5.74, 6) is -0.207. The van der Waals surface area contributed by atoms with Crippen LogP contribution >= 0.6 is 0 Å². The number of benzene rings is 1. The lowest BCUT2D eigenvalue weighted by Crippen LogP contribution is -2.23. The Labute approximate surface area is 90.4 Å². The average molecular weight is 254 g/mol. The topological polar surface area (TPSA) is 54.4 Å². The molecule has 0 radical (unpaired) electrons. The maximum atomic E-state index is 12.2. The van der Waals surface area contributed by atoms with Crippen molar-refractivity contribution in [1.82, 2.24) is 0 Å². The van der Waals surface area contributed by atoms with Crippen molar-refractivity contribution < 1.29 is 26.7 Å². The third-order valence-electron chi connectivity index (χ3n) is 2.08. The van der Waals surface area contributed by atoms with Gasteiger partial charge in [0.1, 0.15) is 5.75 Å². The first-order valence-electron chi connectivity index (χ1n) is 4.19. The number of aromatic hydroxyl groups is 1. The Morgan fingerprint density at radius 2 is 1.50 bits per heavy atom. The average Bonchev–Trinajstić information content (AvgIpc) is 2.11. The molecule has 0 bridgehead atoms. The van der Waals surface area contributed by atoms with Gasteiger partial charge in [0.05, 0.1) is 4.90 Å². The Hall–Kier alpha value is -1.24. The first-order chi connectivity index (χ1) is 7.07. The Bertz CT molecular complexity index is 494. The van der Waals surface area contributed by atoms with E-state index in [2.05, 4.69) is 0 Å². The van der Waals surface area contributed by atoms with E-state index in [-0.39, 0.29) is 16.9 Å². The van der Waals surface area contributed by atoms with E-state index < -0.39 is 20.2 Å². The van der Waals surface area contributed by atoms with E-state index in [0.717, 1.165) is 12.1 Å². The smallest absolute Gasteiger partial charge is 0.501 e. The minimum atomic E-state index is -5.35. The molecule has 0 aliphatic rings. The molecule has 0 spiro atoms. The molecule has 1 aromatic carbocycles. The summed E-state index contributed by atoms with van der Waals surface area (Å²) in [7, 11) is -5.35. The fraction of sp³-hybridized carbons (Fsp3) is 0.333. The second-order valence-electron chi connectivity index (χ2n) is 3.35. The summed E-state index contributed by atoms with van der Waals surface area (Å²) in [6, 6.07) is 1.59. The summed E-state index contributed by atoms with van der Waals surface area (Å²) in [6.07, 6.45) is 0. The minimum Gasteiger partial charge on any atom is -0.507 e. The summed E-state index contributed by atoms with van der Waals surface area (Å²) < 4.78 is 58.8. The molecular weight excluding hydrogens is 245 g/mol. The molecule has 0 atom stereocenters. The largest absolute Gasteiger partial charge is 0.507 e. The monoisotopic (exact) mass is 254 g/mol. The lowest BCUT2D eigenvalue weighted by atomic mass is 10.1. The Kier molecular flexibility index (Phi) is 2.93. The molecule has 0 unspecified atom stereocenters. The Morgan fingerprint density at radius 1 is 1.12 bits per heavy atom. The minimum absolute atomic E-state index is 0.0859. The van der Waals surface area contributed by atoms with E-state index in [1.165, 1.54) is 13.8 Å². The van der Waals surface area contributed by atoms with E-state index in [1.807, 2.05) is 0 Å². The summed E-state index contributed by atoms with van der Waals surface area (Å²) >= 11 is 0. The highest BCUT2D eigenvalue weighted by molar-refractivity contribution is 7.92. The van der Waals surface area contributed by atoms with Gasteiger partial charge in [0.25, 0.3) is 9.84 Å². The number of hydrogen-bond donors (Lipinski definition) is 1. The van der Waals surface area contributed by atoms with E-state index >= 15 is 0 Å². The first kappa shape index (κ1) is 12.8. The molecule has 0 fully saturated rings. The van der Waals surface area contributed by atoms with Crippen molar-refractivity contribution in [2.45, 2.75) is 24.3 Å². The molecular formula is C9H9F3O3S. The van der Waals surface area contributed by atoms with Gasteiger partial charge in [0, 0.05) is 0 Å². The number of halogens is 3. The number of aryl methyl sites for hydroxylation is 2. The van der Waals surface area contributed by atoms with Crippen LogP contribution in [0.25, 0.3) is 0 Å². The van der Waals surface area contributed by atoms with Gasteiger partial charge in [-0.2, -0.15) is 13.2 Å². The van der Waals surface area contributed by atoms with E-state index in [9.17, 15) is 26.7 Å². The van der Waals surface area contributed by atoms with Gasteiger partial charge < -0.3 is 5.11 Å². The SMILES string of the molecule is Cc1cc(S(=O)(=O)C(F)(F)F)cc(C)c1O. The van der Waals surface area contributed by atoms with Gasteiger partial charge in [-0.15, -0.1) is 0 Å². The predicted octanol–water partition coefficient (Wildman–Crippen LogP) is 2.30. The van der Waals surface area contributed by atoms with Crippen LogP contribution < -0.4 is 0 Å². The number of sulfone groups is 1. The van der Waals surface area contributed by atoms with Crippen molar-refractivity contribution in [2.75, 3.05) is 0 Å². The van der Waals surface area contributed by atoms with Crippen LogP contribution in [0.4, 0.5) is 13.2 Å². The van der Waals surface area contributed by atoms with Crippen molar-refractivity contribution in [1.29, 1.82) is 0 Å². The molecule has 3 nitrogen and oxygen atoms in total. The molecule has 90 valence electrons. The molecule has 0 aromatic heterocycles. The van der Waals surface area contributed by atoms with E-state index in [4.69, 9.17) is 0 Å². The highest BCUT2D eigenvalue weighted by Crippen LogP contribution is 2.33.